The number of rotatable bonds is 2. The fraction of sp³-hybridized carbons (Fsp3) is 0.0345. The van der Waals surface area contributed by atoms with E-state index in [0.717, 1.165) is 6.42 Å². The van der Waals surface area contributed by atoms with Gasteiger partial charge in [-0.15, -0.1) is 0 Å². The highest BCUT2D eigenvalue weighted by Crippen LogP contribution is 2.51. The van der Waals surface area contributed by atoms with Crippen LogP contribution in [0.25, 0.3) is 44.2 Å². The van der Waals surface area contributed by atoms with Crippen LogP contribution < -0.4 is 0 Å². The quantitative estimate of drug-likeness (QED) is 0.293. The maximum Gasteiger partial charge on any atom is -0.000683 e. The van der Waals surface area contributed by atoms with Crippen molar-refractivity contribution in [2.45, 2.75) is 6.42 Å². The number of hydrogen-bond donors (Lipinski definition) is 0. The van der Waals surface area contributed by atoms with Gasteiger partial charge in [-0.2, -0.15) is 0 Å². The summed E-state index contributed by atoms with van der Waals surface area (Å²) in [5.41, 5.74) is 11.0. The molecule has 0 saturated heterocycles. The van der Waals surface area contributed by atoms with E-state index >= 15 is 0 Å². The van der Waals surface area contributed by atoms with Crippen LogP contribution in [0.3, 0.4) is 0 Å². The Labute approximate surface area is 171 Å². The highest BCUT2D eigenvalue weighted by molar-refractivity contribution is 6.14. The molecule has 0 atom stereocenters. The fourth-order valence-electron chi connectivity index (χ4n) is 4.91. The number of fused-ring (bicyclic) bond motifs is 4. The third-order valence-electron chi connectivity index (χ3n) is 6.10. The summed E-state index contributed by atoms with van der Waals surface area (Å²) in [6.07, 6.45) is 0.987. The summed E-state index contributed by atoms with van der Waals surface area (Å²) in [5, 5.41) is 2.66. The van der Waals surface area contributed by atoms with Gasteiger partial charge < -0.3 is 0 Å². The van der Waals surface area contributed by atoms with E-state index in [1.54, 1.807) is 0 Å². The first kappa shape index (κ1) is 16.3. The maximum absolute atomic E-state index is 2.29. The average molecular weight is 368 g/mol. The smallest absolute Gasteiger partial charge is 0.000683 e. The molecule has 6 rings (SSSR count). The molecule has 0 heteroatoms. The van der Waals surface area contributed by atoms with Gasteiger partial charge in [0.15, 0.2) is 0 Å². The summed E-state index contributed by atoms with van der Waals surface area (Å²) in [5.74, 6) is 0. The molecule has 0 heterocycles. The first-order valence-corrected chi connectivity index (χ1v) is 10.2. The lowest BCUT2D eigenvalue weighted by molar-refractivity contribution is 1.27. The molecule has 1 aliphatic carbocycles. The second-order valence-electron chi connectivity index (χ2n) is 7.72. The average Bonchev–Trinajstić information content (AvgIpc) is 3.17. The van der Waals surface area contributed by atoms with Crippen LogP contribution >= 0.6 is 0 Å². The van der Waals surface area contributed by atoms with E-state index in [-0.39, 0.29) is 0 Å². The molecule has 0 aromatic heterocycles. The molecular weight excluding hydrogens is 348 g/mol. The van der Waals surface area contributed by atoms with Crippen LogP contribution in [0.2, 0.25) is 0 Å². The van der Waals surface area contributed by atoms with Crippen molar-refractivity contribution < 1.29 is 0 Å². The van der Waals surface area contributed by atoms with Crippen LogP contribution in [0.5, 0.6) is 0 Å². The van der Waals surface area contributed by atoms with Crippen molar-refractivity contribution in [2.24, 2.45) is 0 Å². The van der Waals surface area contributed by atoms with Gasteiger partial charge in [0, 0.05) is 0 Å². The third-order valence-corrected chi connectivity index (χ3v) is 6.10. The van der Waals surface area contributed by atoms with Crippen molar-refractivity contribution in [3.8, 4) is 33.4 Å². The Kier molecular flexibility index (Phi) is 3.64. The molecule has 5 aromatic rings. The van der Waals surface area contributed by atoms with E-state index in [9.17, 15) is 0 Å². The summed E-state index contributed by atoms with van der Waals surface area (Å²) in [4.78, 5) is 0. The standard InChI is InChI=1S/C29H20/c1-3-11-20(12-4-1)27-24-17-9-10-18-25(24)28(21-13-5-2-6-14-21)29-23-16-8-7-15-22(23)19-26(27)29/h1-18H,19H2. The zero-order valence-electron chi connectivity index (χ0n) is 16.1. The molecule has 5 aromatic carbocycles. The highest BCUT2D eigenvalue weighted by Gasteiger charge is 2.28. The van der Waals surface area contributed by atoms with Crippen LogP contribution in [0.1, 0.15) is 11.1 Å². The van der Waals surface area contributed by atoms with Crippen LogP contribution in [0.4, 0.5) is 0 Å². The monoisotopic (exact) mass is 368 g/mol. The molecule has 0 unspecified atom stereocenters. The maximum atomic E-state index is 2.29. The Morgan fingerprint density at radius 1 is 0.414 bits per heavy atom. The van der Waals surface area contributed by atoms with E-state index in [2.05, 4.69) is 109 Å². The Balaban J connectivity index is 1.83. The van der Waals surface area contributed by atoms with Crippen molar-refractivity contribution in [3.63, 3.8) is 0 Å². The minimum atomic E-state index is 0.987. The van der Waals surface area contributed by atoms with Crippen molar-refractivity contribution in [2.75, 3.05) is 0 Å². The molecular formula is C29H20. The van der Waals surface area contributed by atoms with Crippen LogP contribution in [0, 0.1) is 0 Å². The van der Waals surface area contributed by atoms with Gasteiger partial charge in [0.25, 0.3) is 0 Å². The zero-order chi connectivity index (χ0) is 19.2. The minimum Gasteiger partial charge on any atom is -0.0622 e. The van der Waals surface area contributed by atoms with E-state index in [0.29, 0.717) is 0 Å². The van der Waals surface area contributed by atoms with Gasteiger partial charge in [0.05, 0.1) is 0 Å². The van der Waals surface area contributed by atoms with Crippen LogP contribution in [-0.4, -0.2) is 0 Å². The Morgan fingerprint density at radius 3 is 1.62 bits per heavy atom. The van der Waals surface area contributed by atoms with Crippen molar-refractivity contribution in [1.29, 1.82) is 0 Å². The molecule has 0 saturated carbocycles. The second-order valence-corrected chi connectivity index (χ2v) is 7.72. The summed E-state index contributed by atoms with van der Waals surface area (Å²) in [6.45, 7) is 0. The topological polar surface area (TPSA) is 0 Å². The molecule has 0 fully saturated rings. The van der Waals surface area contributed by atoms with Gasteiger partial charge in [-0.25, -0.2) is 0 Å². The van der Waals surface area contributed by atoms with Crippen LogP contribution in [0.15, 0.2) is 109 Å². The SMILES string of the molecule is c1ccc(-c2c3c(c(-c4ccccc4)c4ccccc24)-c2ccccc2C3)cc1. The van der Waals surface area contributed by atoms with Crippen molar-refractivity contribution >= 4 is 10.8 Å². The summed E-state index contributed by atoms with van der Waals surface area (Å²) in [6, 6.07) is 39.5. The van der Waals surface area contributed by atoms with Gasteiger partial charge in [0.2, 0.25) is 0 Å². The van der Waals surface area contributed by atoms with E-state index in [1.807, 2.05) is 0 Å². The summed E-state index contributed by atoms with van der Waals surface area (Å²) in [7, 11) is 0. The van der Waals surface area contributed by atoms with Gasteiger partial charge in [-0.1, -0.05) is 109 Å². The van der Waals surface area contributed by atoms with Crippen LogP contribution in [-0.2, 0) is 6.42 Å². The largest absolute Gasteiger partial charge is 0.0622 e. The molecule has 0 N–H and O–H groups in total. The van der Waals surface area contributed by atoms with Crippen molar-refractivity contribution in [3.05, 3.63) is 120 Å². The lowest BCUT2D eigenvalue weighted by atomic mass is 9.84. The predicted molar refractivity (Wildman–Crippen MR) is 123 cm³/mol. The number of hydrogen-bond acceptors (Lipinski definition) is 0. The van der Waals surface area contributed by atoms with Gasteiger partial charge in [-0.3, -0.25) is 0 Å². The van der Waals surface area contributed by atoms with Gasteiger partial charge in [0.1, 0.15) is 0 Å². The molecule has 0 amide bonds. The van der Waals surface area contributed by atoms with Crippen molar-refractivity contribution in [1.82, 2.24) is 0 Å². The third kappa shape index (κ3) is 2.46. The minimum absolute atomic E-state index is 0.987. The van der Waals surface area contributed by atoms with Gasteiger partial charge >= 0.3 is 0 Å². The molecule has 29 heavy (non-hydrogen) atoms. The molecule has 0 radical (unpaired) electrons. The molecule has 0 nitrogen and oxygen atoms in total. The molecule has 1 aliphatic rings. The molecule has 136 valence electrons. The first-order valence-electron chi connectivity index (χ1n) is 10.2. The van der Waals surface area contributed by atoms with E-state index < -0.39 is 0 Å². The predicted octanol–water partition coefficient (Wildman–Crippen LogP) is 7.75. The second kappa shape index (κ2) is 6.46. The van der Waals surface area contributed by atoms with E-state index in [4.69, 9.17) is 0 Å². The summed E-state index contributed by atoms with van der Waals surface area (Å²) >= 11 is 0. The highest BCUT2D eigenvalue weighted by atomic mass is 14.3. The first-order chi connectivity index (χ1) is 14.4. The molecule has 0 bridgehead atoms. The fourth-order valence-corrected chi connectivity index (χ4v) is 4.91. The Bertz CT molecular complexity index is 1350. The Morgan fingerprint density at radius 2 is 0.931 bits per heavy atom. The lowest BCUT2D eigenvalue weighted by Gasteiger charge is -2.19. The normalized spacial score (nSPS) is 12.0. The number of benzene rings is 5. The summed E-state index contributed by atoms with van der Waals surface area (Å²) < 4.78 is 0. The van der Waals surface area contributed by atoms with E-state index in [1.165, 1.54) is 55.3 Å². The molecule has 0 spiro atoms. The van der Waals surface area contributed by atoms with Gasteiger partial charge in [-0.05, 0) is 61.7 Å². The lowest BCUT2D eigenvalue weighted by Crippen LogP contribution is -1.95. The zero-order valence-corrected chi connectivity index (χ0v) is 16.1. The molecule has 0 aliphatic heterocycles. The Hall–Kier alpha value is -3.64.